The van der Waals surface area contributed by atoms with Gasteiger partial charge in [0, 0.05) is 31.6 Å². The summed E-state index contributed by atoms with van der Waals surface area (Å²) in [6.07, 6.45) is 6.22. The number of hydrogen-bond acceptors (Lipinski definition) is 3. The van der Waals surface area contributed by atoms with Crippen molar-refractivity contribution < 1.29 is 4.74 Å². The molecule has 0 radical (unpaired) electrons. The predicted molar refractivity (Wildman–Crippen MR) is 63.2 cm³/mol. The highest BCUT2D eigenvalue weighted by atomic mass is 16.5. The highest BCUT2D eigenvalue weighted by molar-refractivity contribution is 4.79. The minimum atomic E-state index is 0.475. The van der Waals surface area contributed by atoms with E-state index in [0.717, 1.165) is 32.2 Å². The van der Waals surface area contributed by atoms with E-state index < -0.39 is 0 Å². The molecule has 0 aromatic carbocycles. The fraction of sp³-hybridized carbons (Fsp3) is 0.750. The average molecular weight is 223 g/mol. The van der Waals surface area contributed by atoms with Crippen LogP contribution >= 0.6 is 0 Å². The Morgan fingerprint density at radius 2 is 2.31 bits per heavy atom. The molecule has 2 rings (SSSR count). The second-order valence-corrected chi connectivity index (χ2v) is 4.59. The van der Waals surface area contributed by atoms with Crippen molar-refractivity contribution in [3.05, 3.63) is 18.5 Å². The zero-order valence-corrected chi connectivity index (χ0v) is 9.93. The summed E-state index contributed by atoms with van der Waals surface area (Å²) in [5, 5.41) is 7.78. The Kier molecular flexibility index (Phi) is 4.36. The van der Waals surface area contributed by atoms with Crippen molar-refractivity contribution in [1.82, 2.24) is 15.1 Å². The normalized spacial score (nSPS) is 19.8. The van der Waals surface area contributed by atoms with E-state index in [0.29, 0.717) is 6.04 Å². The minimum absolute atomic E-state index is 0.475. The molecule has 2 heterocycles. The fourth-order valence-corrected chi connectivity index (χ4v) is 2.07. The van der Waals surface area contributed by atoms with Crippen molar-refractivity contribution in [3.63, 3.8) is 0 Å². The Morgan fingerprint density at radius 3 is 3.00 bits per heavy atom. The Morgan fingerprint density at radius 1 is 1.50 bits per heavy atom. The second-order valence-electron chi connectivity index (χ2n) is 4.59. The van der Waals surface area contributed by atoms with Crippen molar-refractivity contribution in [2.24, 2.45) is 5.92 Å². The molecule has 0 aliphatic carbocycles. The van der Waals surface area contributed by atoms with Crippen LogP contribution in [-0.2, 0) is 11.3 Å². The van der Waals surface area contributed by atoms with Crippen molar-refractivity contribution in [2.75, 3.05) is 19.8 Å². The van der Waals surface area contributed by atoms with Crippen LogP contribution in [0.25, 0.3) is 0 Å². The van der Waals surface area contributed by atoms with Crippen LogP contribution in [0.3, 0.4) is 0 Å². The zero-order valence-electron chi connectivity index (χ0n) is 9.93. The van der Waals surface area contributed by atoms with E-state index in [1.165, 1.54) is 12.8 Å². The van der Waals surface area contributed by atoms with Gasteiger partial charge in [0.2, 0.25) is 0 Å². The molecule has 4 heteroatoms. The Hall–Kier alpha value is -0.870. The third-order valence-corrected chi connectivity index (χ3v) is 3.12. The summed E-state index contributed by atoms with van der Waals surface area (Å²) in [6, 6.07) is 2.44. The lowest BCUT2D eigenvalue weighted by molar-refractivity contribution is 0.0654. The summed E-state index contributed by atoms with van der Waals surface area (Å²) in [5.74, 6) is 0.786. The number of rotatable bonds is 5. The van der Waals surface area contributed by atoms with Gasteiger partial charge in [-0.25, -0.2) is 0 Å². The molecule has 1 aromatic rings. The van der Waals surface area contributed by atoms with Crippen LogP contribution in [0.2, 0.25) is 0 Å². The van der Waals surface area contributed by atoms with Gasteiger partial charge in [0.05, 0.1) is 6.54 Å². The summed E-state index contributed by atoms with van der Waals surface area (Å²) >= 11 is 0. The van der Waals surface area contributed by atoms with E-state index in [1.54, 1.807) is 0 Å². The summed E-state index contributed by atoms with van der Waals surface area (Å²) < 4.78 is 7.32. The van der Waals surface area contributed by atoms with Gasteiger partial charge in [-0.2, -0.15) is 5.10 Å². The molecule has 0 amide bonds. The number of ether oxygens (including phenoxy) is 1. The molecule has 1 aromatic heterocycles. The van der Waals surface area contributed by atoms with Crippen LogP contribution in [0.4, 0.5) is 0 Å². The molecule has 4 nitrogen and oxygen atoms in total. The molecule has 1 aliphatic rings. The van der Waals surface area contributed by atoms with Crippen LogP contribution < -0.4 is 5.32 Å². The first-order chi connectivity index (χ1) is 7.84. The maximum absolute atomic E-state index is 5.35. The third-order valence-electron chi connectivity index (χ3n) is 3.12. The fourth-order valence-electron chi connectivity index (χ4n) is 2.07. The maximum Gasteiger partial charge on any atom is 0.0559 e. The van der Waals surface area contributed by atoms with Crippen LogP contribution in [0.1, 0.15) is 19.8 Å². The lowest BCUT2D eigenvalue weighted by Gasteiger charge is -2.24. The van der Waals surface area contributed by atoms with Gasteiger partial charge in [-0.05, 0) is 38.3 Å². The largest absolute Gasteiger partial charge is 0.381 e. The van der Waals surface area contributed by atoms with E-state index in [9.17, 15) is 0 Å². The van der Waals surface area contributed by atoms with Crippen LogP contribution in [0, 0.1) is 5.92 Å². The summed E-state index contributed by atoms with van der Waals surface area (Å²) in [7, 11) is 0. The van der Waals surface area contributed by atoms with Gasteiger partial charge >= 0.3 is 0 Å². The molecule has 0 spiro atoms. The Labute approximate surface area is 97.0 Å². The molecular weight excluding hydrogens is 202 g/mol. The van der Waals surface area contributed by atoms with Crippen LogP contribution in [-0.4, -0.2) is 35.6 Å². The number of nitrogens with one attached hydrogen (secondary N) is 1. The number of nitrogens with zero attached hydrogens (tertiary/aromatic N) is 2. The molecule has 16 heavy (non-hydrogen) atoms. The van der Waals surface area contributed by atoms with E-state index in [1.807, 2.05) is 23.1 Å². The minimum Gasteiger partial charge on any atom is -0.381 e. The van der Waals surface area contributed by atoms with Gasteiger partial charge in [0.25, 0.3) is 0 Å². The van der Waals surface area contributed by atoms with E-state index in [4.69, 9.17) is 4.74 Å². The van der Waals surface area contributed by atoms with Crippen molar-refractivity contribution in [2.45, 2.75) is 32.4 Å². The molecule has 1 aliphatic heterocycles. The van der Waals surface area contributed by atoms with Gasteiger partial charge in [0.1, 0.15) is 0 Å². The third kappa shape index (κ3) is 3.61. The monoisotopic (exact) mass is 223 g/mol. The SMILES string of the molecule is CC(Cn1cccn1)NCC1CCOCC1. The van der Waals surface area contributed by atoms with Crippen LogP contribution in [0.5, 0.6) is 0 Å². The summed E-state index contributed by atoms with van der Waals surface area (Å²) in [5.41, 5.74) is 0. The van der Waals surface area contributed by atoms with E-state index in [-0.39, 0.29) is 0 Å². The van der Waals surface area contributed by atoms with Crippen molar-refractivity contribution >= 4 is 0 Å². The molecule has 0 saturated carbocycles. The van der Waals surface area contributed by atoms with Gasteiger partial charge in [-0.3, -0.25) is 4.68 Å². The summed E-state index contributed by atoms with van der Waals surface area (Å²) in [4.78, 5) is 0. The first-order valence-electron chi connectivity index (χ1n) is 6.13. The number of aromatic nitrogens is 2. The Bertz CT molecular complexity index is 280. The topological polar surface area (TPSA) is 39.1 Å². The molecule has 90 valence electrons. The van der Waals surface area contributed by atoms with E-state index >= 15 is 0 Å². The quantitative estimate of drug-likeness (QED) is 0.817. The smallest absolute Gasteiger partial charge is 0.0559 e. The van der Waals surface area contributed by atoms with Crippen molar-refractivity contribution in [1.29, 1.82) is 0 Å². The standard InChI is InChI=1S/C12H21N3O/c1-11(10-15-6-2-5-14-15)13-9-12-3-7-16-8-4-12/h2,5-6,11-13H,3-4,7-10H2,1H3. The van der Waals surface area contributed by atoms with Gasteiger partial charge in [0.15, 0.2) is 0 Å². The predicted octanol–water partition coefficient (Wildman–Crippen LogP) is 1.29. The summed E-state index contributed by atoms with van der Waals surface area (Å²) in [6.45, 7) is 6.11. The molecule has 1 fully saturated rings. The molecular formula is C12H21N3O. The molecule has 0 bridgehead atoms. The lowest BCUT2D eigenvalue weighted by Crippen LogP contribution is -2.36. The average Bonchev–Trinajstić information content (AvgIpc) is 2.81. The van der Waals surface area contributed by atoms with Crippen molar-refractivity contribution in [3.8, 4) is 0 Å². The Balaban J connectivity index is 1.65. The highest BCUT2D eigenvalue weighted by Crippen LogP contribution is 2.13. The van der Waals surface area contributed by atoms with Gasteiger partial charge in [-0.1, -0.05) is 0 Å². The first kappa shape index (κ1) is 11.6. The molecule has 1 saturated heterocycles. The van der Waals surface area contributed by atoms with Gasteiger partial charge in [-0.15, -0.1) is 0 Å². The molecule has 1 N–H and O–H groups in total. The number of hydrogen-bond donors (Lipinski definition) is 1. The molecule has 1 unspecified atom stereocenters. The van der Waals surface area contributed by atoms with E-state index in [2.05, 4.69) is 17.3 Å². The van der Waals surface area contributed by atoms with Crippen LogP contribution in [0.15, 0.2) is 18.5 Å². The van der Waals surface area contributed by atoms with Gasteiger partial charge < -0.3 is 10.1 Å². The maximum atomic E-state index is 5.35. The second kappa shape index (κ2) is 6.01. The zero-order chi connectivity index (χ0) is 11.2. The highest BCUT2D eigenvalue weighted by Gasteiger charge is 2.14. The lowest BCUT2D eigenvalue weighted by atomic mass is 10.0. The first-order valence-corrected chi connectivity index (χ1v) is 6.13. The molecule has 1 atom stereocenters.